The molecular formula is C15H12FN3O4S. The van der Waals surface area contributed by atoms with E-state index >= 15 is 0 Å². The van der Waals surface area contributed by atoms with Crippen LogP contribution in [0.4, 0.5) is 15.8 Å². The number of nitrogens with one attached hydrogen (secondary N) is 2. The predicted molar refractivity (Wildman–Crippen MR) is 89.9 cm³/mol. The molecule has 0 saturated heterocycles. The highest BCUT2D eigenvalue weighted by Gasteiger charge is 2.12. The molecule has 0 radical (unpaired) electrons. The van der Waals surface area contributed by atoms with Gasteiger partial charge < -0.3 is 9.73 Å². The van der Waals surface area contributed by atoms with Crippen LogP contribution < -0.4 is 10.6 Å². The fraction of sp³-hybridized carbons (Fsp3) is 0.0667. The molecule has 0 aliphatic carbocycles. The lowest BCUT2D eigenvalue weighted by molar-refractivity contribution is -0.384. The number of anilines is 1. The highest BCUT2D eigenvalue weighted by molar-refractivity contribution is 7.80. The highest BCUT2D eigenvalue weighted by atomic mass is 32.1. The monoisotopic (exact) mass is 349 g/mol. The van der Waals surface area contributed by atoms with Crippen LogP contribution in [0.25, 0.3) is 6.08 Å². The maximum Gasteiger partial charge on any atom is 0.271 e. The van der Waals surface area contributed by atoms with Gasteiger partial charge in [-0.15, -0.1) is 0 Å². The van der Waals surface area contributed by atoms with E-state index in [0.29, 0.717) is 11.5 Å². The molecule has 1 aromatic heterocycles. The second kappa shape index (κ2) is 7.47. The Bertz CT molecular complexity index is 832. The maximum absolute atomic E-state index is 13.6. The number of halogens is 1. The molecule has 0 spiro atoms. The van der Waals surface area contributed by atoms with Gasteiger partial charge >= 0.3 is 0 Å². The molecule has 2 rings (SSSR count). The molecule has 0 fully saturated rings. The number of hydrogen-bond acceptors (Lipinski definition) is 5. The molecule has 0 bridgehead atoms. The number of amides is 1. The molecule has 1 aromatic carbocycles. The number of carbonyl (C=O) groups excluding carboxylic acids is 1. The van der Waals surface area contributed by atoms with Crippen molar-refractivity contribution in [3.63, 3.8) is 0 Å². The summed E-state index contributed by atoms with van der Waals surface area (Å²) in [7, 11) is 0. The van der Waals surface area contributed by atoms with Crippen molar-refractivity contribution < 1.29 is 18.5 Å². The van der Waals surface area contributed by atoms with Gasteiger partial charge in [-0.2, -0.15) is 0 Å². The van der Waals surface area contributed by atoms with Gasteiger partial charge in [0.05, 0.1) is 10.6 Å². The van der Waals surface area contributed by atoms with Crippen LogP contribution in [0.2, 0.25) is 0 Å². The summed E-state index contributed by atoms with van der Waals surface area (Å²) in [5, 5.41) is 15.2. The Kier molecular flexibility index (Phi) is 5.38. The van der Waals surface area contributed by atoms with E-state index in [0.717, 1.165) is 18.2 Å². The number of nitro benzene ring substituents is 1. The SMILES string of the molecule is Cc1ccc(/C=C/C(=O)NC(=S)Nc2cc([N+](=O)[O-])ccc2F)o1. The zero-order valence-electron chi connectivity index (χ0n) is 12.4. The van der Waals surface area contributed by atoms with Crippen molar-refractivity contribution in [2.45, 2.75) is 6.92 Å². The van der Waals surface area contributed by atoms with Crippen molar-refractivity contribution in [3.8, 4) is 0 Å². The Morgan fingerprint density at radius 1 is 1.38 bits per heavy atom. The van der Waals surface area contributed by atoms with Gasteiger partial charge in [0.1, 0.15) is 17.3 Å². The molecule has 24 heavy (non-hydrogen) atoms. The lowest BCUT2D eigenvalue weighted by atomic mass is 10.2. The van der Waals surface area contributed by atoms with E-state index in [1.807, 2.05) is 0 Å². The van der Waals surface area contributed by atoms with E-state index in [4.69, 9.17) is 16.6 Å². The largest absolute Gasteiger partial charge is 0.462 e. The number of thiocarbonyl (C=S) groups is 1. The molecule has 0 aliphatic heterocycles. The molecule has 2 aromatic rings. The van der Waals surface area contributed by atoms with Crippen molar-refractivity contribution in [1.82, 2.24) is 5.32 Å². The van der Waals surface area contributed by atoms with Gasteiger partial charge in [-0.3, -0.25) is 20.2 Å². The molecule has 0 atom stereocenters. The van der Waals surface area contributed by atoms with Crippen molar-refractivity contribution >= 4 is 40.7 Å². The molecule has 2 N–H and O–H groups in total. The first-order valence-electron chi connectivity index (χ1n) is 6.65. The summed E-state index contributed by atoms with van der Waals surface area (Å²) in [6.45, 7) is 1.77. The van der Waals surface area contributed by atoms with E-state index in [1.54, 1.807) is 19.1 Å². The molecule has 0 unspecified atom stereocenters. The van der Waals surface area contributed by atoms with Crippen LogP contribution in [0, 0.1) is 22.9 Å². The number of nitrogens with zero attached hydrogens (tertiary/aromatic N) is 1. The zero-order valence-corrected chi connectivity index (χ0v) is 13.2. The number of carbonyl (C=O) groups is 1. The zero-order chi connectivity index (χ0) is 17.7. The number of rotatable bonds is 4. The van der Waals surface area contributed by atoms with E-state index in [9.17, 15) is 19.3 Å². The highest BCUT2D eigenvalue weighted by Crippen LogP contribution is 2.21. The lowest BCUT2D eigenvalue weighted by Gasteiger charge is -2.08. The number of non-ortho nitro benzene ring substituents is 1. The van der Waals surface area contributed by atoms with Crippen molar-refractivity contribution in [1.29, 1.82) is 0 Å². The molecule has 1 heterocycles. The number of aryl methyl sites for hydroxylation is 1. The first-order valence-corrected chi connectivity index (χ1v) is 7.06. The van der Waals surface area contributed by atoms with E-state index < -0.39 is 16.6 Å². The quantitative estimate of drug-likeness (QED) is 0.381. The van der Waals surface area contributed by atoms with Gasteiger partial charge in [-0.1, -0.05) is 0 Å². The smallest absolute Gasteiger partial charge is 0.271 e. The number of furan rings is 1. The topological polar surface area (TPSA) is 97.4 Å². The van der Waals surface area contributed by atoms with Crippen LogP contribution in [0.5, 0.6) is 0 Å². The van der Waals surface area contributed by atoms with Crippen LogP contribution in [0.1, 0.15) is 11.5 Å². The average Bonchev–Trinajstić information content (AvgIpc) is 2.92. The average molecular weight is 349 g/mol. The summed E-state index contributed by atoms with van der Waals surface area (Å²) in [6, 6.07) is 6.37. The Hall–Kier alpha value is -3.07. The first-order chi connectivity index (χ1) is 11.3. The van der Waals surface area contributed by atoms with Crippen molar-refractivity contribution in [2.24, 2.45) is 0 Å². The van der Waals surface area contributed by atoms with Crippen LogP contribution in [0.15, 0.2) is 40.8 Å². The number of hydrogen-bond donors (Lipinski definition) is 2. The lowest BCUT2D eigenvalue weighted by Crippen LogP contribution is -2.33. The van der Waals surface area contributed by atoms with Gasteiger partial charge in [0.2, 0.25) is 5.91 Å². The Morgan fingerprint density at radius 3 is 2.75 bits per heavy atom. The third-order valence-electron chi connectivity index (χ3n) is 2.81. The van der Waals surface area contributed by atoms with Gasteiger partial charge in [0.25, 0.3) is 5.69 Å². The van der Waals surface area contributed by atoms with E-state index in [1.165, 1.54) is 12.2 Å². The molecule has 9 heteroatoms. The first kappa shape index (κ1) is 17.3. The fourth-order valence-electron chi connectivity index (χ4n) is 1.73. The molecular weight excluding hydrogens is 337 g/mol. The van der Waals surface area contributed by atoms with Crippen LogP contribution in [-0.2, 0) is 4.79 Å². The molecule has 0 aliphatic rings. The summed E-state index contributed by atoms with van der Waals surface area (Å²) < 4.78 is 18.9. The molecule has 0 saturated carbocycles. The minimum atomic E-state index is -0.737. The Balaban J connectivity index is 1.97. The third-order valence-corrected chi connectivity index (χ3v) is 3.01. The number of nitro groups is 1. The van der Waals surface area contributed by atoms with Crippen LogP contribution >= 0.6 is 12.2 Å². The fourth-order valence-corrected chi connectivity index (χ4v) is 1.94. The van der Waals surface area contributed by atoms with Crippen molar-refractivity contribution in [2.75, 3.05) is 5.32 Å². The minimum Gasteiger partial charge on any atom is -0.462 e. The molecule has 7 nitrogen and oxygen atoms in total. The normalized spacial score (nSPS) is 10.6. The third kappa shape index (κ3) is 4.71. The minimum absolute atomic E-state index is 0.195. The number of benzene rings is 1. The van der Waals surface area contributed by atoms with Gasteiger partial charge in [-0.05, 0) is 43.4 Å². The standard InChI is InChI=1S/C15H12FN3O4S/c1-9-2-4-11(23-9)5-7-14(20)18-15(24)17-13-8-10(19(21)22)3-6-12(13)16/h2-8H,1H3,(H2,17,18,20,24)/b7-5+. The Labute approximate surface area is 141 Å². The van der Waals surface area contributed by atoms with Crippen LogP contribution in [0.3, 0.4) is 0 Å². The summed E-state index contributed by atoms with van der Waals surface area (Å²) in [5.74, 6) is -0.106. The summed E-state index contributed by atoms with van der Waals surface area (Å²) in [6.07, 6.45) is 2.63. The summed E-state index contributed by atoms with van der Waals surface area (Å²) in [5.41, 5.74) is -0.513. The molecule has 1 amide bonds. The van der Waals surface area contributed by atoms with Crippen molar-refractivity contribution in [3.05, 3.63) is 63.9 Å². The second-order valence-electron chi connectivity index (χ2n) is 4.65. The van der Waals surface area contributed by atoms with E-state index in [-0.39, 0.29) is 16.5 Å². The maximum atomic E-state index is 13.6. The molecule has 124 valence electrons. The Morgan fingerprint density at radius 2 is 2.12 bits per heavy atom. The van der Waals surface area contributed by atoms with Gasteiger partial charge in [0.15, 0.2) is 5.11 Å². The summed E-state index contributed by atoms with van der Waals surface area (Å²) in [4.78, 5) is 21.7. The second-order valence-corrected chi connectivity index (χ2v) is 5.05. The summed E-state index contributed by atoms with van der Waals surface area (Å²) >= 11 is 4.88. The van der Waals surface area contributed by atoms with E-state index in [2.05, 4.69) is 10.6 Å². The van der Waals surface area contributed by atoms with Gasteiger partial charge in [-0.25, -0.2) is 4.39 Å². The van der Waals surface area contributed by atoms with Crippen LogP contribution in [-0.4, -0.2) is 15.9 Å². The van der Waals surface area contributed by atoms with Gasteiger partial charge in [0, 0.05) is 18.2 Å². The predicted octanol–water partition coefficient (Wildman–Crippen LogP) is 3.16.